The summed E-state index contributed by atoms with van der Waals surface area (Å²) in [5, 5.41) is 5.32. The minimum atomic E-state index is -0.829. The second kappa shape index (κ2) is 6.92. The average molecular weight is 306 g/mol. The molecule has 3 nitrogen and oxygen atoms in total. The first-order valence-corrected chi connectivity index (χ1v) is 8.32. The van der Waals surface area contributed by atoms with Crippen molar-refractivity contribution < 1.29 is 4.79 Å². The summed E-state index contributed by atoms with van der Waals surface area (Å²) in [6.07, 6.45) is 0. The number of hydrogen-bond donors (Lipinski definition) is 2. The van der Waals surface area contributed by atoms with Crippen molar-refractivity contribution in [3.63, 3.8) is 0 Å². The monoisotopic (exact) mass is 306 g/mol. The molecule has 1 aromatic carbocycles. The normalized spacial score (nSPS) is 13.8. The van der Waals surface area contributed by atoms with Gasteiger partial charge in [0.2, 0.25) is 5.91 Å². The first-order chi connectivity index (χ1) is 9.69. The number of nitrogens with two attached hydrogens (primary N) is 1. The summed E-state index contributed by atoms with van der Waals surface area (Å²) in [7, 11) is 0. The largest absolute Gasteiger partial charge is 0.368 e. The lowest BCUT2D eigenvalue weighted by atomic mass is 9.91. The molecule has 0 spiro atoms. The van der Waals surface area contributed by atoms with E-state index in [9.17, 15) is 4.79 Å². The van der Waals surface area contributed by atoms with E-state index in [0.29, 0.717) is 12.3 Å². The topological polar surface area (TPSA) is 55.1 Å². The Morgan fingerprint density at radius 1 is 1.30 bits per heavy atom. The summed E-state index contributed by atoms with van der Waals surface area (Å²) in [6.45, 7) is 2.67. The van der Waals surface area contributed by atoms with E-state index in [1.165, 1.54) is 4.21 Å². The molecule has 0 fully saturated rings. The molecule has 0 aliphatic rings. The number of benzene rings is 1. The molecule has 0 saturated carbocycles. The number of thioether (sulfide) groups is 1. The zero-order valence-electron chi connectivity index (χ0n) is 11.3. The molecule has 1 aromatic heterocycles. The van der Waals surface area contributed by atoms with Crippen LogP contribution in [0.4, 0.5) is 0 Å². The molecule has 2 aromatic rings. The van der Waals surface area contributed by atoms with Crippen molar-refractivity contribution in [2.75, 3.05) is 12.3 Å². The SMILES string of the molecule is CCNC(CSc1cccs1)(C(N)=O)c1ccccc1. The van der Waals surface area contributed by atoms with Gasteiger partial charge >= 0.3 is 0 Å². The molecule has 0 aliphatic heterocycles. The smallest absolute Gasteiger partial charge is 0.243 e. The number of rotatable bonds is 7. The third-order valence-electron chi connectivity index (χ3n) is 3.09. The zero-order valence-corrected chi connectivity index (χ0v) is 13.0. The molecular formula is C15H18N2OS2. The number of amides is 1. The molecule has 106 valence electrons. The van der Waals surface area contributed by atoms with Crippen molar-refractivity contribution in [3.8, 4) is 0 Å². The summed E-state index contributed by atoms with van der Waals surface area (Å²) in [5.74, 6) is 0.246. The van der Waals surface area contributed by atoms with Crippen LogP contribution in [-0.2, 0) is 10.3 Å². The summed E-state index contributed by atoms with van der Waals surface area (Å²) >= 11 is 3.32. The Bertz CT molecular complexity index is 542. The van der Waals surface area contributed by atoms with Gasteiger partial charge in [-0.1, -0.05) is 43.3 Å². The highest BCUT2D eigenvalue weighted by atomic mass is 32.2. The lowest BCUT2D eigenvalue weighted by Crippen LogP contribution is -2.54. The first kappa shape index (κ1) is 15.1. The number of primary amides is 1. The summed E-state index contributed by atoms with van der Waals surface area (Å²) in [6, 6.07) is 13.8. The van der Waals surface area contributed by atoms with Crippen molar-refractivity contribution in [2.24, 2.45) is 5.73 Å². The van der Waals surface area contributed by atoms with E-state index in [1.807, 2.05) is 48.7 Å². The Labute approximate surface area is 127 Å². The van der Waals surface area contributed by atoms with Crippen molar-refractivity contribution in [1.29, 1.82) is 0 Å². The maximum absolute atomic E-state index is 12.1. The van der Waals surface area contributed by atoms with Gasteiger partial charge in [0.05, 0.1) is 4.21 Å². The zero-order chi connectivity index (χ0) is 14.4. The molecule has 5 heteroatoms. The second-order valence-corrected chi connectivity index (χ2v) is 6.61. The lowest BCUT2D eigenvalue weighted by molar-refractivity contribution is -0.123. The highest BCUT2D eigenvalue weighted by Gasteiger charge is 2.37. The third kappa shape index (κ3) is 3.23. The van der Waals surface area contributed by atoms with E-state index >= 15 is 0 Å². The van der Waals surface area contributed by atoms with E-state index in [0.717, 1.165) is 5.56 Å². The van der Waals surface area contributed by atoms with Crippen molar-refractivity contribution >= 4 is 29.0 Å². The summed E-state index contributed by atoms with van der Waals surface area (Å²) in [5.41, 5.74) is 5.80. The molecule has 0 saturated heterocycles. The lowest BCUT2D eigenvalue weighted by Gasteiger charge is -2.31. The molecule has 2 rings (SSSR count). The quantitative estimate of drug-likeness (QED) is 0.773. The first-order valence-electron chi connectivity index (χ1n) is 6.46. The maximum atomic E-state index is 12.1. The van der Waals surface area contributed by atoms with Crippen LogP contribution in [0.1, 0.15) is 12.5 Å². The molecule has 1 amide bonds. The number of thiophene rings is 1. The Morgan fingerprint density at radius 3 is 2.60 bits per heavy atom. The van der Waals surface area contributed by atoms with Gasteiger partial charge in [0.15, 0.2) is 0 Å². The molecule has 1 atom stereocenters. The molecule has 0 radical (unpaired) electrons. The van der Waals surface area contributed by atoms with Gasteiger partial charge in [0.25, 0.3) is 0 Å². The fourth-order valence-electron chi connectivity index (χ4n) is 2.09. The number of carbonyl (C=O) groups excluding carboxylic acids is 1. The highest BCUT2D eigenvalue weighted by molar-refractivity contribution is 8.01. The van der Waals surface area contributed by atoms with Gasteiger partial charge in [-0.05, 0) is 23.6 Å². The van der Waals surface area contributed by atoms with Gasteiger partial charge in [-0.3, -0.25) is 10.1 Å². The standard InChI is InChI=1S/C15H18N2OS2/c1-2-17-15(14(16)18,12-7-4-3-5-8-12)11-20-13-9-6-10-19-13/h3-10,17H,2,11H2,1H3,(H2,16,18). The molecule has 1 unspecified atom stereocenters. The van der Waals surface area contributed by atoms with E-state index in [2.05, 4.69) is 11.4 Å². The Kier molecular flexibility index (Phi) is 5.23. The van der Waals surface area contributed by atoms with Gasteiger partial charge in [-0.25, -0.2) is 0 Å². The van der Waals surface area contributed by atoms with Crippen molar-refractivity contribution in [2.45, 2.75) is 16.7 Å². The molecule has 0 aliphatic carbocycles. The van der Waals surface area contributed by atoms with E-state index in [1.54, 1.807) is 23.1 Å². The van der Waals surface area contributed by atoms with E-state index in [4.69, 9.17) is 5.73 Å². The van der Waals surface area contributed by atoms with Crippen LogP contribution in [0, 0.1) is 0 Å². The fourth-order valence-corrected chi connectivity index (χ4v) is 4.09. The minimum Gasteiger partial charge on any atom is -0.368 e. The van der Waals surface area contributed by atoms with E-state index < -0.39 is 5.54 Å². The number of nitrogens with one attached hydrogen (secondary N) is 1. The van der Waals surface area contributed by atoms with Gasteiger partial charge in [0.1, 0.15) is 5.54 Å². The van der Waals surface area contributed by atoms with Crippen molar-refractivity contribution in [3.05, 3.63) is 53.4 Å². The van der Waals surface area contributed by atoms with Crippen LogP contribution in [0.2, 0.25) is 0 Å². The molecule has 3 N–H and O–H groups in total. The van der Waals surface area contributed by atoms with Gasteiger partial charge in [-0.15, -0.1) is 23.1 Å². The molecular weight excluding hydrogens is 288 g/mol. The summed E-state index contributed by atoms with van der Waals surface area (Å²) in [4.78, 5) is 12.1. The second-order valence-electron chi connectivity index (χ2n) is 4.39. The Balaban J connectivity index is 2.29. The third-order valence-corrected chi connectivity index (χ3v) is 5.39. The molecule has 0 bridgehead atoms. The van der Waals surface area contributed by atoms with Gasteiger partial charge in [0, 0.05) is 5.75 Å². The fraction of sp³-hybridized carbons (Fsp3) is 0.267. The number of carbonyl (C=O) groups is 1. The van der Waals surface area contributed by atoms with E-state index in [-0.39, 0.29) is 5.91 Å². The van der Waals surface area contributed by atoms with Crippen LogP contribution in [0.15, 0.2) is 52.1 Å². The highest BCUT2D eigenvalue weighted by Crippen LogP contribution is 2.32. The summed E-state index contributed by atoms with van der Waals surface area (Å²) < 4.78 is 1.18. The van der Waals surface area contributed by atoms with Gasteiger partial charge in [-0.2, -0.15) is 0 Å². The van der Waals surface area contributed by atoms with Crippen LogP contribution in [-0.4, -0.2) is 18.2 Å². The molecule has 1 heterocycles. The minimum absolute atomic E-state index is 0.338. The average Bonchev–Trinajstić information content (AvgIpc) is 2.97. The Morgan fingerprint density at radius 2 is 2.05 bits per heavy atom. The predicted molar refractivity (Wildman–Crippen MR) is 86.0 cm³/mol. The van der Waals surface area contributed by atoms with Crippen LogP contribution < -0.4 is 11.1 Å². The van der Waals surface area contributed by atoms with Crippen LogP contribution in [0.3, 0.4) is 0 Å². The molecule has 20 heavy (non-hydrogen) atoms. The van der Waals surface area contributed by atoms with Crippen molar-refractivity contribution in [1.82, 2.24) is 5.32 Å². The van der Waals surface area contributed by atoms with Crippen LogP contribution in [0.25, 0.3) is 0 Å². The van der Waals surface area contributed by atoms with Crippen LogP contribution >= 0.6 is 23.1 Å². The number of hydrogen-bond acceptors (Lipinski definition) is 4. The van der Waals surface area contributed by atoms with Gasteiger partial charge < -0.3 is 5.73 Å². The van der Waals surface area contributed by atoms with Crippen LogP contribution in [0.5, 0.6) is 0 Å². The Hall–Kier alpha value is -1.30. The predicted octanol–water partition coefficient (Wildman–Crippen LogP) is 2.83. The number of likely N-dealkylation sites (N-methyl/N-ethyl adjacent to an activating group) is 1. The maximum Gasteiger partial charge on any atom is 0.243 e.